The van der Waals surface area contributed by atoms with Crippen LogP contribution in [-0.4, -0.2) is 41.7 Å². The molecule has 11 heteroatoms. The van der Waals surface area contributed by atoms with Crippen LogP contribution in [0.3, 0.4) is 0 Å². The average Bonchev–Trinajstić information content (AvgIpc) is 2.93. The SMILES string of the molecule is CCn1c(CCNC(=O)c2cc(S(=O)(=O)NC(C)C)ccc2Cl)n[nH]c1=S. The van der Waals surface area contributed by atoms with Crippen LogP contribution >= 0.6 is 23.8 Å². The molecule has 148 valence electrons. The van der Waals surface area contributed by atoms with Crippen LogP contribution in [0.15, 0.2) is 23.1 Å². The van der Waals surface area contributed by atoms with Crippen molar-refractivity contribution in [1.29, 1.82) is 0 Å². The number of sulfonamides is 1. The fraction of sp³-hybridized carbons (Fsp3) is 0.438. The van der Waals surface area contributed by atoms with Crippen molar-refractivity contribution >= 4 is 39.7 Å². The van der Waals surface area contributed by atoms with Crippen LogP contribution in [-0.2, 0) is 23.0 Å². The Morgan fingerprint density at radius 3 is 2.74 bits per heavy atom. The van der Waals surface area contributed by atoms with Crippen LogP contribution in [0.25, 0.3) is 0 Å². The number of carbonyl (C=O) groups excluding carboxylic acids is 1. The standard InChI is InChI=1S/C16H22ClN5O3S2/c1-4-22-14(19-20-16(22)26)7-8-18-15(23)12-9-11(5-6-13(12)17)27(24,25)21-10(2)3/h5-6,9-10,21H,4,7-8H2,1-3H3,(H,18,23)(H,20,26). The Bertz CT molecular complexity index is 982. The average molecular weight is 432 g/mol. The molecule has 27 heavy (non-hydrogen) atoms. The summed E-state index contributed by atoms with van der Waals surface area (Å²) >= 11 is 11.2. The molecule has 0 radical (unpaired) electrons. The summed E-state index contributed by atoms with van der Waals surface area (Å²) in [5, 5.41) is 9.75. The minimum Gasteiger partial charge on any atom is -0.352 e. The van der Waals surface area contributed by atoms with E-state index in [0.29, 0.717) is 24.3 Å². The van der Waals surface area contributed by atoms with Crippen LogP contribution in [0, 0.1) is 4.77 Å². The third kappa shape index (κ3) is 5.38. The summed E-state index contributed by atoms with van der Waals surface area (Å²) in [5.74, 6) is 0.269. The number of hydrogen-bond donors (Lipinski definition) is 3. The Kier molecular flexibility index (Phi) is 7.15. The number of hydrogen-bond acceptors (Lipinski definition) is 5. The molecule has 2 rings (SSSR count). The first-order valence-corrected chi connectivity index (χ1v) is 10.7. The first kappa shape index (κ1) is 21.5. The smallest absolute Gasteiger partial charge is 0.252 e. The quantitative estimate of drug-likeness (QED) is 0.555. The summed E-state index contributed by atoms with van der Waals surface area (Å²) in [6.45, 7) is 6.35. The molecule has 8 nitrogen and oxygen atoms in total. The van der Waals surface area contributed by atoms with E-state index >= 15 is 0 Å². The molecule has 0 atom stereocenters. The zero-order valence-electron chi connectivity index (χ0n) is 15.2. The summed E-state index contributed by atoms with van der Waals surface area (Å²) in [6.07, 6.45) is 0.469. The van der Waals surface area contributed by atoms with E-state index in [1.54, 1.807) is 13.8 Å². The van der Waals surface area contributed by atoms with Gasteiger partial charge in [0.05, 0.1) is 15.5 Å². The highest BCUT2D eigenvalue weighted by atomic mass is 35.5. The summed E-state index contributed by atoms with van der Waals surface area (Å²) in [5.41, 5.74) is 0.0950. The molecule has 0 saturated heterocycles. The molecule has 0 bridgehead atoms. The summed E-state index contributed by atoms with van der Waals surface area (Å²) in [7, 11) is -3.72. The maximum atomic E-state index is 12.5. The van der Waals surface area contributed by atoms with Crippen molar-refractivity contribution < 1.29 is 13.2 Å². The number of benzene rings is 1. The molecule has 0 saturated carbocycles. The molecule has 0 fully saturated rings. The minimum atomic E-state index is -3.72. The lowest BCUT2D eigenvalue weighted by atomic mass is 10.2. The molecule has 1 aromatic carbocycles. The Balaban J connectivity index is 2.12. The van der Waals surface area contributed by atoms with Gasteiger partial charge in [0.2, 0.25) is 10.0 Å². The Morgan fingerprint density at radius 2 is 2.11 bits per heavy atom. The van der Waals surface area contributed by atoms with Crippen molar-refractivity contribution in [3.8, 4) is 0 Å². The van der Waals surface area contributed by atoms with Gasteiger partial charge in [-0.05, 0) is 51.2 Å². The molecule has 0 aliphatic rings. The van der Waals surface area contributed by atoms with Gasteiger partial charge in [-0.2, -0.15) is 5.10 Å². The minimum absolute atomic E-state index is 0.0161. The maximum absolute atomic E-state index is 12.5. The lowest BCUT2D eigenvalue weighted by Crippen LogP contribution is -2.31. The van der Waals surface area contributed by atoms with Crippen LogP contribution in [0.2, 0.25) is 5.02 Å². The predicted octanol–water partition coefficient (Wildman–Crippen LogP) is 2.27. The fourth-order valence-corrected chi connectivity index (χ4v) is 4.23. The van der Waals surface area contributed by atoms with E-state index in [0.717, 1.165) is 5.82 Å². The fourth-order valence-electron chi connectivity index (χ4n) is 2.47. The molecule has 0 spiro atoms. The monoisotopic (exact) mass is 431 g/mol. The van der Waals surface area contributed by atoms with Crippen LogP contribution < -0.4 is 10.0 Å². The highest BCUT2D eigenvalue weighted by Crippen LogP contribution is 2.20. The number of aromatic nitrogens is 3. The second kappa shape index (κ2) is 8.96. The number of H-pyrrole nitrogens is 1. The van der Waals surface area contributed by atoms with E-state index in [1.807, 2.05) is 11.5 Å². The molecule has 2 aromatic rings. The second-order valence-electron chi connectivity index (χ2n) is 6.11. The molecular weight excluding hydrogens is 410 g/mol. The summed E-state index contributed by atoms with van der Waals surface area (Å²) in [6, 6.07) is 3.76. The van der Waals surface area contributed by atoms with Gasteiger partial charge < -0.3 is 9.88 Å². The number of halogens is 1. The van der Waals surface area contributed by atoms with Crippen molar-refractivity contribution in [1.82, 2.24) is 24.8 Å². The van der Waals surface area contributed by atoms with Crippen LogP contribution in [0.5, 0.6) is 0 Å². The molecule has 0 aliphatic heterocycles. The summed E-state index contributed by atoms with van der Waals surface area (Å²) < 4.78 is 29.4. The largest absolute Gasteiger partial charge is 0.352 e. The topological polar surface area (TPSA) is 109 Å². The van der Waals surface area contributed by atoms with Crippen LogP contribution in [0.1, 0.15) is 37.0 Å². The van der Waals surface area contributed by atoms with Gasteiger partial charge in [-0.3, -0.25) is 9.89 Å². The van der Waals surface area contributed by atoms with Crippen molar-refractivity contribution in [3.63, 3.8) is 0 Å². The van der Waals surface area contributed by atoms with Crippen molar-refractivity contribution in [3.05, 3.63) is 39.4 Å². The first-order valence-electron chi connectivity index (χ1n) is 8.40. The van der Waals surface area contributed by atoms with E-state index in [-0.39, 0.29) is 21.5 Å². The number of aromatic amines is 1. The predicted molar refractivity (Wildman–Crippen MR) is 106 cm³/mol. The molecule has 1 heterocycles. The van der Waals surface area contributed by atoms with E-state index in [9.17, 15) is 13.2 Å². The molecule has 1 amide bonds. The van der Waals surface area contributed by atoms with Gasteiger partial charge >= 0.3 is 0 Å². The lowest BCUT2D eigenvalue weighted by molar-refractivity contribution is 0.0954. The van der Waals surface area contributed by atoms with Gasteiger partial charge in [-0.25, -0.2) is 13.1 Å². The first-order chi connectivity index (χ1) is 12.7. The van der Waals surface area contributed by atoms with Gasteiger partial charge in [0.1, 0.15) is 5.82 Å². The van der Waals surface area contributed by atoms with Gasteiger partial charge in [0.15, 0.2) is 4.77 Å². The number of rotatable bonds is 8. The molecule has 0 aliphatic carbocycles. The van der Waals surface area contributed by atoms with Gasteiger partial charge in [0.25, 0.3) is 5.91 Å². The van der Waals surface area contributed by atoms with Gasteiger partial charge in [-0.15, -0.1) is 0 Å². The number of nitrogens with zero attached hydrogens (tertiary/aromatic N) is 2. The Hall–Kier alpha value is -1.75. The molecular formula is C16H22ClN5O3S2. The molecule has 3 N–H and O–H groups in total. The highest BCUT2D eigenvalue weighted by Gasteiger charge is 2.19. The van der Waals surface area contributed by atoms with Crippen molar-refractivity contribution in [2.45, 2.75) is 44.7 Å². The Morgan fingerprint density at radius 1 is 1.41 bits per heavy atom. The molecule has 0 unspecified atom stereocenters. The van der Waals surface area contributed by atoms with Crippen molar-refractivity contribution in [2.24, 2.45) is 0 Å². The van der Waals surface area contributed by atoms with Gasteiger partial charge in [0, 0.05) is 25.6 Å². The normalized spacial score (nSPS) is 11.7. The maximum Gasteiger partial charge on any atom is 0.252 e. The van der Waals surface area contributed by atoms with E-state index in [2.05, 4.69) is 20.2 Å². The Labute approximate surface area is 168 Å². The molecule has 1 aromatic heterocycles. The van der Waals surface area contributed by atoms with E-state index in [4.69, 9.17) is 23.8 Å². The number of carbonyl (C=O) groups is 1. The summed E-state index contributed by atoms with van der Waals surface area (Å²) in [4.78, 5) is 12.4. The van der Waals surface area contributed by atoms with Crippen molar-refractivity contribution in [2.75, 3.05) is 6.54 Å². The second-order valence-corrected chi connectivity index (χ2v) is 8.62. The number of amides is 1. The van der Waals surface area contributed by atoms with E-state index < -0.39 is 15.9 Å². The van der Waals surface area contributed by atoms with E-state index in [1.165, 1.54) is 18.2 Å². The highest BCUT2D eigenvalue weighted by molar-refractivity contribution is 7.89. The zero-order valence-corrected chi connectivity index (χ0v) is 17.6. The van der Waals surface area contributed by atoms with Crippen LogP contribution in [0.4, 0.5) is 0 Å². The van der Waals surface area contributed by atoms with Gasteiger partial charge in [-0.1, -0.05) is 11.6 Å². The zero-order chi connectivity index (χ0) is 20.2. The lowest BCUT2D eigenvalue weighted by Gasteiger charge is -2.12. The third-order valence-electron chi connectivity index (χ3n) is 3.67. The third-order valence-corrected chi connectivity index (χ3v) is 5.97. The number of nitrogens with one attached hydrogen (secondary N) is 3.